The zero-order valence-corrected chi connectivity index (χ0v) is 17.6. The number of hydrogen-bond acceptors (Lipinski definition) is 4. The fourth-order valence-corrected chi connectivity index (χ4v) is 4.99. The van der Waals surface area contributed by atoms with Crippen molar-refractivity contribution in [3.63, 3.8) is 0 Å². The number of benzene rings is 2. The Morgan fingerprint density at radius 3 is 2.89 bits per heavy atom. The zero-order chi connectivity index (χ0) is 18.2. The van der Waals surface area contributed by atoms with Crippen LogP contribution in [0.25, 0.3) is 21.1 Å². The molecule has 1 saturated heterocycles. The fourth-order valence-electron chi connectivity index (χ4n) is 3.67. The number of aromatic amines is 1. The molecular formula is C21H20AsN3OS. The van der Waals surface area contributed by atoms with Crippen LogP contribution in [0.4, 0.5) is 0 Å². The molecular weight excluding hydrogens is 417 g/mol. The second kappa shape index (κ2) is 7.31. The number of H-pyrrole nitrogens is 1. The summed E-state index contributed by atoms with van der Waals surface area (Å²) in [5.74, 6) is 0.819. The molecule has 1 aliphatic heterocycles. The average molecular weight is 437 g/mol. The van der Waals surface area contributed by atoms with E-state index in [1.807, 2.05) is 24.3 Å². The van der Waals surface area contributed by atoms with Crippen molar-refractivity contribution in [2.45, 2.75) is 24.1 Å². The van der Waals surface area contributed by atoms with E-state index in [-0.39, 0.29) is 0 Å². The van der Waals surface area contributed by atoms with Crippen LogP contribution in [0.5, 0.6) is 10.9 Å². The van der Waals surface area contributed by atoms with Gasteiger partial charge in [-0.2, -0.15) is 0 Å². The number of rotatable bonds is 4. The van der Waals surface area contributed by atoms with Crippen LogP contribution in [0.2, 0.25) is 4.71 Å². The molecule has 2 aromatic heterocycles. The van der Waals surface area contributed by atoms with Crippen LogP contribution in [0.1, 0.15) is 18.4 Å². The zero-order valence-electron chi connectivity index (χ0n) is 14.9. The topological polar surface area (TPSA) is 41.2 Å². The number of thiazole rings is 1. The molecule has 0 amide bonds. The summed E-state index contributed by atoms with van der Waals surface area (Å²) in [6.45, 7) is 3.38. The standard InChI is InChI=1S/C21H20AsN3OS/c22-15-7-9-25(10-8-15)13-14-12-23-19-11-16(5-6-17(14)19)26-21-24-18-3-1-2-4-20(18)27-21/h1-6,11-12,15,23H,7-10,13H2. The van der Waals surface area contributed by atoms with Crippen molar-refractivity contribution in [2.75, 3.05) is 13.1 Å². The molecule has 4 aromatic rings. The van der Waals surface area contributed by atoms with Crippen LogP contribution in [0, 0.1) is 0 Å². The Morgan fingerprint density at radius 1 is 1.19 bits per heavy atom. The van der Waals surface area contributed by atoms with Gasteiger partial charge in [0.15, 0.2) is 0 Å². The first-order valence-corrected chi connectivity index (χ1v) is 11.2. The normalized spacial score (nSPS) is 16.3. The van der Waals surface area contributed by atoms with Gasteiger partial charge in [-0.25, -0.2) is 4.98 Å². The Bertz CT molecular complexity index is 1050. The molecule has 0 saturated carbocycles. The number of fused-ring (bicyclic) bond motifs is 2. The molecule has 4 nitrogen and oxygen atoms in total. The molecule has 3 heterocycles. The third-order valence-electron chi connectivity index (χ3n) is 5.17. The van der Waals surface area contributed by atoms with Gasteiger partial charge in [0, 0.05) is 0 Å². The molecule has 0 spiro atoms. The number of para-hydroxylation sites is 1. The molecule has 1 aliphatic rings. The Kier molecular flexibility index (Phi) is 4.68. The maximum atomic E-state index is 6.02. The van der Waals surface area contributed by atoms with Crippen LogP contribution in [-0.4, -0.2) is 44.8 Å². The minimum atomic E-state index is 0.683. The molecule has 27 heavy (non-hydrogen) atoms. The first-order valence-electron chi connectivity index (χ1n) is 9.28. The summed E-state index contributed by atoms with van der Waals surface area (Å²) in [6.07, 6.45) is 4.70. The third-order valence-corrected chi connectivity index (χ3v) is 7.17. The molecule has 0 bridgehead atoms. The van der Waals surface area contributed by atoms with Crippen molar-refractivity contribution in [1.82, 2.24) is 14.9 Å². The molecule has 2 radical (unpaired) electrons. The number of piperidine rings is 1. The van der Waals surface area contributed by atoms with Crippen molar-refractivity contribution in [2.24, 2.45) is 0 Å². The van der Waals surface area contributed by atoms with Gasteiger partial charge in [-0.3, -0.25) is 0 Å². The van der Waals surface area contributed by atoms with Gasteiger partial charge in [0.25, 0.3) is 0 Å². The number of ether oxygens (including phenoxy) is 1. The second-order valence-corrected chi connectivity index (χ2v) is 9.60. The monoisotopic (exact) mass is 437 g/mol. The maximum absolute atomic E-state index is 6.02. The van der Waals surface area contributed by atoms with Crippen LogP contribution >= 0.6 is 11.3 Å². The third kappa shape index (κ3) is 3.64. The molecule has 0 atom stereocenters. The Hall–Kier alpha value is -1.81. The van der Waals surface area contributed by atoms with Crippen LogP contribution in [-0.2, 0) is 6.54 Å². The Morgan fingerprint density at radius 2 is 2.04 bits per heavy atom. The van der Waals surface area contributed by atoms with E-state index in [9.17, 15) is 0 Å². The van der Waals surface area contributed by atoms with Crippen molar-refractivity contribution in [1.29, 1.82) is 0 Å². The van der Waals surface area contributed by atoms with Crippen molar-refractivity contribution < 1.29 is 4.74 Å². The van der Waals surface area contributed by atoms with Crippen LogP contribution < -0.4 is 4.74 Å². The number of aromatic nitrogens is 2. The fraction of sp³-hybridized carbons (Fsp3) is 0.286. The SMILES string of the molecule is [As]C1CCN(Cc2c[nH]c3cc(Oc4nc5ccccc5s4)ccc23)CC1. The predicted octanol–water partition coefficient (Wildman–Crippen LogP) is 5.12. The van der Waals surface area contributed by atoms with E-state index in [1.165, 1.54) is 36.9 Å². The quantitative estimate of drug-likeness (QED) is 0.451. The van der Waals surface area contributed by atoms with Gasteiger partial charge < -0.3 is 0 Å². The van der Waals surface area contributed by atoms with Gasteiger partial charge in [-0.1, -0.05) is 23.5 Å². The molecule has 0 aliphatic carbocycles. The molecule has 6 heteroatoms. The summed E-state index contributed by atoms with van der Waals surface area (Å²) in [6, 6.07) is 14.4. The van der Waals surface area contributed by atoms with Crippen molar-refractivity contribution in [3.05, 3.63) is 54.2 Å². The van der Waals surface area contributed by atoms with E-state index in [2.05, 4.69) is 56.1 Å². The van der Waals surface area contributed by atoms with E-state index in [1.54, 1.807) is 11.3 Å². The number of nitrogens with one attached hydrogen (secondary N) is 1. The summed E-state index contributed by atoms with van der Waals surface area (Å²) in [5, 5.41) is 1.96. The van der Waals surface area contributed by atoms with Crippen molar-refractivity contribution >= 4 is 49.3 Å². The van der Waals surface area contributed by atoms with Gasteiger partial charge >= 0.3 is 120 Å². The Balaban J connectivity index is 1.35. The van der Waals surface area contributed by atoms with Crippen LogP contribution in [0.15, 0.2) is 48.7 Å². The summed E-state index contributed by atoms with van der Waals surface area (Å²) in [7, 11) is 0. The molecule has 0 unspecified atom stereocenters. The van der Waals surface area contributed by atoms with Gasteiger partial charge in [-0.15, -0.1) is 0 Å². The first-order chi connectivity index (χ1) is 13.2. The van der Waals surface area contributed by atoms with Gasteiger partial charge in [0.1, 0.15) is 0 Å². The van der Waals surface area contributed by atoms with Crippen molar-refractivity contribution in [3.8, 4) is 10.9 Å². The number of hydrogen-bond donors (Lipinski definition) is 1. The molecule has 1 fully saturated rings. The van der Waals surface area contributed by atoms with E-state index in [0.717, 1.165) is 32.7 Å². The van der Waals surface area contributed by atoms with E-state index >= 15 is 0 Å². The molecule has 2 aromatic carbocycles. The van der Waals surface area contributed by atoms with E-state index in [4.69, 9.17) is 4.74 Å². The molecule has 5 rings (SSSR count). The number of nitrogens with zero attached hydrogens (tertiary/aromatic N) is 2. The minimum absolute atomic E-state index is 0.683. The first kappa shape index (κ1) is 17.3. The summed E-state index contributed by atoms with van der Waals surface area (Å²) in [4.78, 5) is 10.5. The van der Waals surface area contributed by atoms with Gasteiger partial charge in [0.05, 0.1) is 10.2 Å². The second-order valence-electron chi connectivity index (χ2n) is 7.08. The van der Waals surface area contributed by atoms with Gasteiger partial charge in [0.2, 0.25) is 0 Å². The molecule has 1 N–H and O–H groups in total. The van der Waals surface area contributed by atoms with E-state index < -0.39 is 0 Å². The Labute approximate surface area is 171 Å². The van der Waals surface area contributed by atoms with Gasteiger partial charge in [-0.05, 0) is 12.1 Å². The predicted molar refractivity (Wildman–Crippen MR) is 112 cm³/mol. The van der Waals surface area contributed by atoms with Crippen LogP contribution in [0.3, 0.4) is 0 Å². The van der Waals surface area contributed by atoms with E-state index in [0.29, 0.717) is 5.19 Å². The summed E-state index contributed by atoms with van der Waals surface area (Å²) < 4.78 is 7.97. The molecule has 136 valence electrons. The summed E-state index contributed by atoms with van der Waals surface area (Å²) >= 11 is 4.39. The summed E-state index contributed by atoms with van der Waals surface area (Å²) in [5.41, 5.74) is 3.46. The number of likely N-dealkylation sites (tertiary alicyclic amines) is 1. The average Bonchev–Trinajstić information content (AvgIpc) is 3.27.